The molecule has 2 unspecified atom stereocenters. The number of carbonyl (C=O) groups excluding carboxylic acids is 1. The first-order valence-electron chi connectivity index (χ1n) is 7.44. The zero-order valence-corrected chi connectivity index (χ0v) is 12.3. The van der Waals surface area contributed by atoms with Crippen molar-refractivity contribution in [2.45, 2.75) is 58.5 Å². The van der Waals surface area contributed by atoms with Gasteiger partial charge in [0.2, 0.25) is 5.91 Å². The number of nitrogens with one attached hydrogen (secondary N) is 1. The van der Waals surface area contributed by atoms with Gasteiger partial charge in [-0.25, -0.2) is 0 Å². The molecule has 0 spiro atoms. The van der Waals surface area contributed by atoms with E-state index in [0.29, 0.717) is 19.4 Å². The minimum Gasteiger partial charge on any atom is -0.393 e. The Hall–Kier alpha value is -1.36. The molecular weight excluding hydrogens is 256 g/mol. The molecule has 0 radical (unpaired) electrons. The number of aliphatic hydroxyl groups is 1. The third-order valence-electron chi connectivity index (χ3n) is 4.21. The molecule has 2 N–H and O–H groups in total. The fourth-order valence-electron chi connectivity index (χ4n) is 2.86. The number of aromatic nitrogens is 1. The van der Waals surface area contributed by atoms with E-state index in [4.69, 9.17) is 4.52 Å². The third-order valence-corrected chi connectivity index (χ3v) is 4.21. The van der Waals surface area contributed by atoms with E-state index in [1.807, 2.05) is 13.8 Å². The van der Waals surface area contributed by atoms with Crippen LogP contribution in [0, 0.1) is 19.8 Å². The third kappa shape index (κ3) is 3.82. The van der Waals surface area contributed by atoms with E-state index < -0.39 is 0 Å². The van der Waals surface area contributed by atoms with E-state index in [1.54, 1.807) is 0 Å². The molecule has 1 aliphatic carbocycles. The van der Waals surface area contributed by atoms with Crippen LogP contribution in [0.5, 0.6) is 0 Å². The average molecular weight is 280 g/mol. The van der Waals surface area contributed by atoms with Gasteiger partial charge in [-0.3, -0.25) is 4.79 Å². The van der Waals surface area contributed by atoms with Gasteiger partial charge < -0.3 is 14.9 Å². The molecule has 0 bridgehead atoms. The number of nitrogens with zero attached hydrogens (tertiary/aromatic N) is 1. The Morgan fingerprint density at radius 1 is 1.40 bits per heavy atom. The fraction of sp³-hybridized carbons (Fsp3) is 0.733. The fourth-order valence-corrected chi connectivity index (χ4v) is 2.86. The van der Waals surface area contributed by atoms with Gasteiger partial charge in [0, 0.05) is 24.4 Å². The summed E-state index contributed by atoms with van der Waals surface area (Å²) >= 11 is 0. The molecule has 5 nitrogen and oxygen atoms in total. The summed E-state index contributed by atoms with van der Waals surface area (Å²) in [6.07, 6.45) is 4.94. The molecule has 0 saturated heterocycles. The summed E-state index contributed by atoms with van der Waals surface area (Å²) in [5.41, 5.74) is 1.89. The van der Waals surface area contributed by atoms with Gasteiger partial charge in [0.25, 0.3) is 0 Å². The summed E-state index contributed by atoms with van der Waals surface area (Å²) in [4.78, 5) is 11.9. The maximum atomic E-state index is 11.9. The molecule has 1 aromatic rings. The molecule has 20 heavy (non-hydrogen) atoms. The lowest BCUT2D eigenvalue weighted by molar-refractivity contribution is -0.121. The summed E-state index contributed by atoms with van der Waals surface area (Å²) in [5, 5.41) is 16.7. The number of hydrogen-bond acceptors (Lipinski definition) is 4. The number of rotatable bonds is 5. The van der Waals surface area contributed by atoms with Crippen molar-refractivity contribution in [1.82, 2.24) is 10.5 Å². The summed E-state index contributed by atoms with van der Waals surface area (Å²) < 4.78 is 5.08. The van der Waals surface area contributed by atoms with Crippen molar-refractivity contribution < 1.29 is 14.4 Å². The van der Waals surface area contributed by atoms with Gasteiger partial charge in [0.05, 0.1) is 11.8 Å². The quantitative estimate of drug-likeness (QED) is 0.863. The van der Waals surface area contributed by atoms with Crippen LogP contribution in [0.4, 0.5) is 0 Å². The van der Waals surface area contributed by atoms with Gasteiger partial charge >= 0.3 is 0 Å². The minimum atomic E-state index is -0.258. The van der Waals surface area contributed by atoms with Crippen molar-refractivity contribution in [3.63, 3.8) is 0 Å². The maximum Gasteiger partial charge on any atom is 0.220 e. The van der Waals surface area contributed by atoms with Crippen LogP contribution < -0.4 is 5.32 Å². The lowest BCUT2D eigenvalue weighted by atomic mass is 9.86. The van der Waals surface area contributed by atoms with Crippen molar-refractivity contribution in [1.29, 1.82) is 0 Å². The van der Waals surface area contributed by atoms with Crippen molar-refractivity contribution in [3.05, 3.63) is 17.0 Å². The van der Waals surface area contributed by atoms with E-state index >= 15 is 0 Å². The Bertz CT molecular complexity index is 436. The number of carbonyl (C=O) groups is 1. The Labute approximate surface area is 119 Å². The number of amides is 1. The first-order chi connectivity index (χ1) is 9.58. The normalized spacial score (nSPS) is 22.8. The van der Waals surface area contributed by atoms with Crippen LogP contribution in [0.25, 0.3) is 0 Å². The van der Waals surface area contributed by atoms with Gasteiger partial charge in [-0.2, -0.15) is 0 Å². The number of aliphatic hydroxyl groups excluding tert-OH is 1. The SMILES string of the molecule is Cc1noc(C)c1CCC(=O)NCC1CCCCC1O. The van der Waals surface area contributed by atoms with E-state index in [-0.39, 0.29) is 17.9 Å². The van der Waals surface area contributed by atoms with Crippen molar-refractivity contribution >= 4 is 5.91 Å². The lowest BCUT2D eigenvalue weighted by Crippen LogP contribution is -2.36. The molecule has 1 saturated carbocycles. The largest absolute Gasteiger partial charge is 0.393 e. The van der Waals surface area contributed by atoms with Crippen LogP contribution in [0.1, 0.15) is 49.1 Å². The topological polar surface area (TPSA) is 75.4 Å². The van der Waals surface area contributed by atoms with Crippen LogP contribution >= 0.6 is 0 Å². The molecular formula is C15H24N2O3. The zero-order chi connectivity index (χ0) is 14.5. The Kier molecular flexibility index (Phi) is 5.17. The molecule has 1 fully saturated rings. The van der Waals surface area contributed by atoms with Crippen molar-refractivity contribution in [3.8, 4) is 0 Å². The summed E-state index contributed by atoms with van der Waals surface area (Å²) in [7, 11) is 0. The number of hydrogen-bond donors (Lipinski definition) is 2. The first kappa shape index (κ1) is 15.0. The molecule has 1 aliphatic rings. The summed E-state index contributed by atoms with van der Waals surface area (Å²) in [6, 6.07) is 0. The molecule has 1 heterocycles. The second-order valence-corrected chi connectivity index (χ2v) is 5.72. The summed E-state index contributed by atoms with van der Waals surface area (Å²) in [6.45, 7) is 4.34. The molecule has 1 amide bonds. The second-order valence-electron chi connectivity index (χ2n) is 5.72. The van der Waals surface area contributed by atoms with Gasteiger partial charge in [-0.1, -0.05) is 18.0 Å². The van der Waals surface area contributed by atoms with Gasteiger partial charge in [-0.05, 0) is 33.1 Å². The molecule has 0 aromatic carbocycles. The van der Waals surface area contributed by atoms with Gasteiger partial charge in [0.1, 0.15) is 5.76 Å². The van der Waals surface area contributed by atoms with Crippen molar-refractivity contribution in [2.75, 3.05) is 6.54 Å². The predicted octanol–water partition coefficient (Wildman–Crippen LogP) is 1.89. The molecule has 0 aliphatic heterocycles. The van der Waals surface area contributed by atoms with E-state index in [1.165, 1.54) is 0 Å². The van der Waals surface area contributed by atoms with Gasteiger partial charge in [-0.15, -0.1) is 0 Å². The molecule has 2 rings (SSSR count). The maximum absolute atomic E-state index is 11.9. The minimum absolute atomic E-state index is 0.0303. The van der Waals surface area contributed by atoms with Crippen LogP contribution in [0.3, 0.4) is 0 Å². The van der Waals surface area contributed by atoms with E-state index in [9.17, 15) is 9.90 Å². The first-order valence-corrected chi connectivity index (χ1v) is 7.44. The molecule has 112 valence electrons. The monoisotopic (exact) mass is 280 g/mol. The lowest BCUT2D eigenvalue weighted by Gasteiger charge is -2.27. The van der Waals surface area contributed by atoms with Crippen LogP contribution in [-0.2, 0) is 11.2 Å². The highest BCUT2D eigenvalue weighted by molar-refractivity contribution is 5.76. The molecule has 2 atom stereocenters. The Morgan fingerprint density at radius 2 is 2.15 bits per heavy atom. The van der Waals surface area contributed by atoms with Crippen LogP contribution in [-0.4, -0.2) is 28.8 Å². The zero-order valence-electron chi connectivity index (χ0n) is 12.3. The standard InChI is InChI=1S/C15H24N2O3/c1-10-13(11(2)20-17-10)7-8-15(19)16-9-12-5-3-4-6-14(12)18/h12,14,18H,3-9H2,1-2H3,(H,16,19). The second kappa shape index (κ2) is 6.88. The van der Waals surface area contributed by atoms with Gasteiger partial charge in [0.15, 0.2) is 0 Å². The van der Waals surface area contributed by atoms with Crippen LogP contribution in [0.2, 0.25) is 0 Å². The molecule has 1 aromatic heterocycles. The highest BCUT2D eigenvalue weighted by Crippen LogP contribution is 2.23. The van der Waals surface area contributed by atoms with E-state index in [2.05, 4.69) is 10.5 Å². The van der Waals surface area contributed by atoms with Crippen molar-refractivity contribution in [2.24, 2.45) is 5.92 Å². The number of aryl methyl sites for hydroxylation is 2. The summed E-state index contributed by atoms with van der Waals surface area (Å²) in [5.74, 6) is 1.03. The predicted molar refractivity (Wildman–Crippen MR) is 75.3 cm³/mol. The van der Waals surface area contributed by atoms with Crippen LogP contribution in [0.15, 0.2) is 4.52 Å². The smallest absolute Gasteiger partial charge is 0.220 e. The average Bonchev–Trinajstić information content (AvgIpc) is 2.75. The highest BCUT2D eigenvalue weighted by Gasteiger charge is 2.23. The van der Waals surface area contributed by atoms with E-state index in [0.717, 1.165) is 42.7 Å². The Balaban J connectivity index is 1.73. The molecule has 5 heteroatoms. The Morgan fingerprint density at radius 3 is 2.80 bits per heavy atom. The highest BCUT2D eigenvalue weighted by atomic mass is 16.5.